The summed E-state index contributed by atoms with van der Waals surface area (Å²) < 4.78 is 5.23. The first-order valence-electron chi connectivity index (χ1n) is 6.64. The van der Waals surface area contributed by atoms with Gasteiger partial charge in [-0.05, 0) is 19.1 Å². The number of hydrogen-bond donors (Lipinski definition) is 2. The van der Waals surface area contributed by atoms with E-state index in [4.69, 9.17) is 4.74 Å². The molecule has 0 saturated carbocycles. The van der Waals surface area contributed by atoms with Gasteiger partial charge in [0.25, 0.3) is 0 Å². The van der Waals surface area contributed by atoms with E-state index in [2.05, 4.69) is 20.6 Å². The fourth-order valence-corrected chi connectivity index (χ4v) is 1.92. The lowest BCUT2D eigenvalue weighted by molar-refractivity contribution is 0.415. The van der Waals surface area contributed by atoms with Gasteiger partial charge in [-0.3, -0.25) is 0 Å². The second-order valence-electron chi connectivity index (χ2n) is 4.42. The molecule has 0 atom stereocenters. The number of aryl methyl sites for hydroxylation is 1. The highest BCUT2D eigenvalue weighted by Gasteiger charge is 2.09. The van der Waals surface area contributed by atoms with Crippen molar-refractivity contribution in [3.05, 3.63) is 35.7 Å². The van der Waals surface area contributed by atoms with Crippen molar-refractivity contribution in [1.29, 1.82) is 0 Å². The monoisotopic (exact) mass is 272 g/mol. The van der Waals surface area contributed by atoms with Crippen LogP contribution in [0.4, 0.5) is 17.3 Å². The molecule has 0 radical (unpaired) electrons. The van der Waals surface area contributed by atoms with Gasteiger partial charge in [-0.2, -0.15) is 0 Å². The Morgan fingerprint density at radius 1 is 1.20 bits per heavy atom. The minimum atomic E-state index is 0.793. The Morgan fingerprint density at radius 2 is 1.95 bits per heavy atom. The molecule has 0 saturated heterocycles. The number of hydrogen-bond acceptors (Lipinski definition) is 5. The third kappa shape index (κ3) is 2.99. The number of ether oxygens (including phenoxy) is 1. The van der Waals surface area contributed by atoms with Crippen molar-refractivity contribution in [1.82, 2.24) is 9.97 Å². The van der Waals surface area contributed by atoms with E-state index in [0.717, 1.165) is 40.9 Å². The third-order valence-electron chi connectivity index (χ3n) is 3.08. The number of benzene rings is 1. The Labute approximate surface area is 119 Å². The van der Waals surface area contributed by atoms with Crippen LogP contribution in [0.5, 0.6) is 5.75 Å². The van der Waals surface area contributed by atoms with Crippen molar-refractivity contribution in [3.8, 4) is 5.75 Å². The Kier molecular flexibility index (Phi) is 4.40. The summed E-state index contributed by atoms with van der Waals surface area (Å²) in [6, 6.07) is 7.77. The minimum absolute atomic E-state index is 0.793. The Bertz CT molecular complexity index is 598. The maximum absolute atomic E-state index is 5.23. The number of anilines is 3. The molecular formula is C15H20N4O. The Balaban J connectivity index is 2.36. The predicted octanol–water partition coefficient (Wildman–Crippen LogP) is 3.14. The third-order valence-corrected chi connectivity index (χ3v) is 3.08. The molecule has 1 aromatic heterocycles. The van der Waals surface area contributed by atoms with Crippen LogP contribution in [0, 0.1) is 6.92 Å². The highest BCUT2D eigenvalue weighted by molar-refractivity contribution is 5.65. The van der Waals surface area contributed by atoms with Gasteiger partial charge in [-0.1, -0.05) is 13.0 Å². The summed E-state index contributed by atoms with van der Waals surface area (Å²) in [6.07, 6.45) is 0.793. The van der Waals surface area contributed by atoms with Gasteiger partial charge in [0.2, 0.25) is 0 Å². The van der Waals surface area contributed by atoms with E-state index in [1.165, 1.54) is 0 Å². The maximum Gasteiger partial charge on any atom is 0.139 e. The average Bonchev–Trinajstić information content (AvgIpc) is 2.49. The predicted molar refractivity (Wildman–Crippen MR) is 82.0 cm³/mol. The van der Waals surface area contributed by atoms with E-state index < -0.39 is 0 Å². The fourth-order valence-electron chi connectivity index (χ4n) is 1.92. The molecule has 0 aliphatic heterocycles. The van der Waals surface area contributed by atoms with Crippen LogP contribution in [0.25, 0.3) is 0 Å². The standard InChI is InChI=1S/C15H20N4O/c1-5-13-18-14(16-3)10(2)15(19-13)17-11-7-6-8-12(9-11)20-4/h6-9H,5H2,1-4H3,(H2,16,17,18,19). The zero-order valence-corrected chi connectivity index (χ0v) is 12.3. The summed E-state index contributed by atoms with van der Waals surface area (Å²) in [6.45, 7) is 4.03. The molecule has 0 fully saturated rings. The SMILES string of the molecule is CCc1nc(NC)c(C)c(Nc2cccc(OC)c2)n1. The molecule has 0 amide bonds. The molecular weight excluding hydrogens is 252 g/mol. The van der Waals surface area contributed by atoms with Gasteiger partial charge >= 0.3 is 0 Å². The summed E-state index contributed by atoms with van der Waals surface area (Å²) in [5.41, 5.74) is 1.93. The largest absolute Gasteiger partial charge is 0.497 e. The topological polar surface area (TPSA) is 59.1 Å². The van der Waals surface area contributed by atoms with Gasteiger partial charge in [0.05, 0.1) is 7.11 Å². The van der Waals surface area contributed by atoms with Crippen molar-refractivity contribution < 1.29 is 4.74 Å². The fraction of sp³-hybridized carbons (Fsp3) is 0.333. The van der Waals surface area contributed by atoms with Crippen molar-refractivity contribution >= 4 is 17.3 Å². The molecule has 2 aromatic rings. The van der Waals surface area contributed by atoms with Crippen LogP contribution in [-0.2, 0) is 6.42 Å². The van der Waals surface area contributed by atoms with Crippen molar-refractivity contribution in [2.75, 3.05) is 24.8 Å². The summed E-state index contributed by atoms with van der Waals surface area (Å²) in [5, 5.41) is 6.43. The normalized spacial score (nSPS) is 10.2. The van der Waals surface area contributed by atoms with Crippen LogP contribution >= 0.6 is 0 Å². The minimum Gasteiger partial charge on any atom is -0.497 e. The lowest BCUT2D eigenvalue weighted by Gasteiger charge is -2.13. The number of aromatic nitrogens is 2. The Morgan fingerprint density at radius 3 is 2.60 bits per heavy atom. The van der Waals surface area contributed by atoms with Crippen LogP contribution in [0.3, 0.4) is 0 Å². The van der Waals surface area contributed by atoms with Gasteiger partial charge in [-0.15, -0.1) is 0 Å². The van der Waals surface area contributed by atoms with E-state index in [1.54, 1.807) is 7.11 Å². The molecule has 0 aliphatic rings. The van der Waals surface area contributed by atoms with Gasteiger partial charge in [0.1, 0.15) is 23.2 Å². The van der Waals surface area contributed by atoms with Crippen molar-refractivity contribution in [2.24, 2.45) is 0 Å². The molecule has 20 heavy (non-hydrogen) atoms. The van der Waals surface area contributed by atoms with Crippen LogP contribution in [-0.4, -0.2) is 24.1 Å². The number of methoxy groups -OCH3 is 1. The molecule has 106 valence electrons. The first-order chi connectivity index (χ1) is 9.67. The van der Waals surface area contributed by atoms with Crippen molar-refractivity contribution in [2.45, 2.75) is 20.3 Å². The molecule has 1 aromatic carbocycles. The zero-order chi connectivity index (χ0) is 14.5. The molecule has 1 heterocycles. The molecule has 2 rings (SSSR count). The number of rotatable bonds is 5. The molecule has 5 heteroatoms. The average molecular weight is 272 g/mol. The molecule has 0 aliphatic carbocycles. The van der Waals surface area contributed by atoms with Crippen LogP contribution in [0.2, 0.25) is 0 Å². The lowest BCUT2D eigenvalue weighted by Crippen LogP contribution is -2.06. The van der Waals surface area contributed by atoms with E-state index in [-0.39, 0.29) is 0 Å². The molecule has 2 N–H and O–H groups in total. The van der Waals surface area contributed by atoms with E-state index in [0.29, 0.717) is 0 Å². The van der Waals surface area contributed by atoms with Gasteiger partial charge in [-0.25, -0.2) is 9.97 Å². The number of nitrogens with zero attached hydrogens (tertiary/aromatic N) is 2. The van der Waals surface area contributed by atoms with Crippen LogP contribution in [0.15, 0.2) is 24.3 Å². The van der Waals surface area contributed by atoms with E-state index >= 15 is 0 Å². The summed E-state index contributed by atoms with van der Waals surface area (Å²) in [7, 11) is 3.52. The second kappa shape index (κ2) is 6.23. The number of nitrogens with one attached hydrogen (secondary N) is 2. The first kappa shape index (κ1) is 14.1. The van der Waals surface area contributed by atoms with Crippen LogP contribution < -0.4 is 15.4 Å². The molecule has 0 unspecified atom stereocenters. The van der Waals surface area contributed by atoms with Gasteiger partial charge in [0, 0.05) is 30.8 Å². The maximum atomic E-state index is 5.23. The van der Waals surface area contributed by atoms with E-state index in [9.17, 15) is 0 Å². The molecule has 0 bridgehead atoms. The first-order valence-corrected chi connectivity index (χ1v) is 6.64. The molecule has 0 spiro atoms. The molecule has 5 nitrogen and oxygen atoms in total. The summed E-state index contributed by atoms with van der Waals surface area (Å²) >= 11 is 0. The van der Waals surface area contributed by atoms with Crippen LogP contribution in [0.1, 0.15) is 18.3 Å². The smallest absolute Gasteiger partial charge is 0.139 e. The second-order valence-corrected chi connectivity index (χ2v) is 4.42. The quantitative estimate of drug-likeness (QED) is 0.875. The highest BCUT2D eigenvalue weighted by Crippen LogP contribution is 2.25. The van der Waals surface area contributed by atoms with Gasteiger partial charge in [0.15, 0.2) is 0 Å². The van der Waals surface area contributed by atoms with Crippen molar-refractivity contribution in [3.63, 3.8) is 0 Å². The highest BCUT2D eigenvalue weighted by atomic mass is 16.5. The summed E-state index contributed by atoms with van der Waals surface area (Å²) in [5.74, 6) is 3.29. The van der Waals surface area contributed by atoms with Gasteiger partial charge < -0.3 is 15.4 Å². The van der Waals surface area contributed by atoms with E-state index in [1.807, 2.05) is 45.2 Å². The lowest BCUT2D eigenvalue weighted by atomic mass is 10.2. The Hall–Kier alpha value is -2.30. The zero-order valence-electron chi connectivity index (χ0n) is 12.3. The summed E-state index contributed by atoms with van der Waals surface area (Å²) in [4.78, 5) is 9.01.